The quantitative estimate of drug-likeness (QED) is 0.157. The zero-order valence-corrected chi connectivity index (χ0v) is 40.1. The van der Waals surface area contributed by atoms with Crippen molar-refractivity contribution >= 4 is 43.6 Å². The van der Waals surface area contributed by atoms with E-state index in [4.69, 9.17) is 0 Å². The van der Waals surface area contributed by atoms with Gasteiger partial charge in [-0.15, -0.1) is 0 Å². The molecule has 0 atom stereocenters. The largest absolute Gasteiger partial charge is 0.417 e. The van der Waals surface area contributed by atoms with Gasteiger partial charge in [0.25, 0.3) is 0 Å². The van der Waals surface area contributed by atoms with E-state index < -0.39 is 11.7 Å². The smallest absolute Gasteiger partial charge is 0.307 e. The maximum atomic E-state index is 15.2. The normalized spacial score (nSPS) is 11.8. The highest BCUT2D eigenvalue weighted by Gasteiger charge is 2.34. The number of alkyl halides is 3. The van der Waals surface area contributed by atoms with Crippen molar-refractivity contribution in [3.05, 3.63) is 240 Å². The Morgan fingerprint density at radius 3 is 0.972 bits per heavy atom. The summed E-state index contributed by atoms with van der Waals surface area (Å²) in [6, 6.07) is 71.0. The third-order valence-corrected chi connectivity index (χ3v) is 14.6. The predicted molar refractivity (Wildman–Crippen MR) is 291 cm³/mol. The van der Waals surface area contributed by atoms with Crippen LogP contribution in [0.3, 0.4) is 0 Å². The molecule has 0 saturated heterocycles. The van der Waals surface area contributed by atoms with Crippen molar-refractivity contribution in [1.29, 1.82) is 5.26 Å². The van der Waals surface area contributed by atoms with Crippen LogP contribution in [0.5, 0.6) is 0 Å². The second kappa shape index (κ2) is 17.2. The van der Waals surface area contributed by atoms with E-state index in [-0.39, 0.29) is 16.7 Å². The third kappa shape index (κ3) is 7.28. The van der Waals surface area contributed by atoms with Gasteiger partial charge in [-0.3, -0.25) is 0 Å². The molecule has 346 valence electrons. The summed E-state index contributed by atoms with van der Waals surface area (Å²) in [6.07, 6.45) is -4.69. The molecule has 0 aliphatic carbocycles. The Balaban J connectivity index is 1.28. The molecule has 0 fully saturated rings. The van der Waals surface area contributed by atoms with Gasteiger partial charge < -0.3 is 9.13 Å². The predicted octanol–water partition coefficient (Wildman–Crippen LogP) is 18.3. The molecule has 12 aromatic rings. The number of benzene rings is 10. The van der Waals surface area contributed by atoms with Crippen molar-refractivity contribution in [2.75, 3.05) is 0 Å². The van der Waals surface area contributed by atoms with E-state index in [1.807, 2.05) is 60.7 Å². The minimum absolute atomic E-state index is 0.0674. The summed E-state index contributed by atoms with van der Waals surface area (Å²) in [5.41, 5.74) is 17.1. The molecule has 10 aromatic carbocycles. The van der Waals surface area contributed by atoms with Crippen LogP contribution in [0.25, 0.3) is 111 Å². The van der Waals surface area contributed by atoms with Gasteiger partial charge in [0.15, 0.2) is 0 Å². The zero-order chi connectivity index (χ0) is 49.4. The molecule has 0 unspecified atom stereocenters. The number of hydrogen-bond donors (Lipinski definition) is 0. The van der Waals surface area contributed by atoms with E-state index in [2.05, 4.69) is 164 Å². The van der Waals surface area contributed by atoms with Gasteiger partial charge in [0.2, 0.25) is 0 Å². The summed E-state index contributed by atoms with van der Waals surface area (Å²) >= 11 is 0. The third-order valence-electron chi connectivity index (χ3n) is 14.6. The van der Waals surface area contributed by atoms with Crippen LogP contribution in [0.15, 0.2) is 206 Å². The maximum Gasteiger partial charge on any atom is 0.417 e. The standard InChI is InChI=1S/C66H46F3N3/c1-40-15-5-9-19-49(40)44-25-29-54-55-30-26-45(50-20-10-6-16-41(50)2)34-61(55)71(60(54)33-44)64-37-48(39-70)58(53-23-13-14-24-59(53)66(67,68)69)38-65(64)72-62-35-46(51-21-11-7-17-42(51)3)27-31-56(62)57-32-28-47(36-63(57)72)52-22-12-8-18-43(52)4/h5-38H,1-4H3. The van der Waals surface area contributed by atoms with Crippen molar-refractivity contribution in [1.82, 2.24) is 9.13 Å². The lowest BCUT2D eigenvalue weighted by Gasteiger charge is -2.21. The van der Waals surface area contributed by atoms with Crippen molar-refractivity contribution in [2.24, 2.45) is 0 Å². The summed E-state index contributed by atoms with van der Waals surface area (Å²) in [5.74, 6) is 0. The number of halogens is 3. The molecule has 0 bridgehead atoms. The molecule has 0 spiro atoms. The van der Waals surface area contributed by atoms with E-state index >= 15 is 13.2 Å². The molecule has 2 heterocycles. The molecule has 3 nitrogen and oxygen atoms in total. The molecule has 0 aliphatic heterocycles. The molecule has 0 aliphatic rings. The fourth-order valence-corrected chi connectivity index (χ4v) is 11.0. The first-order chi connectivity index (χ1) is 35.0. The zero-order valence-electron chi connectivity index (χ0n) is 40.1. The Morgan fingerprint density at radius 1 is 0.347 bits per heavy atom. The lowest BCUT2D eigenvalue weighted by Crippen LogP contribution is -2.09. The van der Waals surface area contributed by atoms with E-state index in [9.17, 15) is 5.26 Å². The maximum absolute atomic E-state index is 15.2. The number of nitriles is 1. The second-order valence-corrected chi connectivity index (χ2v) is 18.9. The molecule has 0 amide bonds. The Morgan fingerprint density at radius 2 is 0.653 bits per heavy atom. The number of fused-ring (bicyclic) bond motifs is 6. The van der Waals surface area contributed by atoms with Crippen LogP contribution in [0.2, 0.25) is 0 Å². The SMILES string of the molecule is Cc1ccccc1-c1ccc2c3ccc(-c4ccccc4C)cc3n(-c3cc(C#N)c(-c4ccccc4C(F)(F)F)cc3-n3c4cc(-c5ccccc5C)ccc4c4ccc(-c5ccccc5C)cc43)c2c1. The number of rotatable bonds is 7. The van der Waals surface area contributed by atoms with E-state index in [1.165, 1.54) is 12.1 Å². The van der Waals surface area contributed by atoms with E-state index in [0.29, 0.717) is 11.4 Å². The molecule has 12 rings (SSSR count). The van der Waals surface area contributed by atoms with Crippen LogP contribution in [0.1, 0.15) is 33.4 Å². The van der Waals surface area contributed by atoms with Crippen LogP contribution in [-0.4, -0.2) is 9.13 Å². The summed E-state index contributed by atoms with van der Waals surface area (Å²) in [4.78, 5) is 0. The molecule has 0 radical (unpaired) electrons. The lowest BCUT2D eigenvalue weighted by atomic mass is 9.94. The number of nitrogens with zero attached hydrogens (tertiary/aromatic N) is 3. The Bertz CT molecular complexity index is 4010. The minimum Gasteiger partial charge on any atom is -0.307 e. The van der Waals surface area contributed by atoms with Crippen molar-refractivity contribution in [2.45, 2.75) is 33.9 Å². The van der Waals surface area contributed by atoms with Crippen LogP contribution < -0.4 is 0 Å². The fraction of sp³-hybridized carbons (Fsp3) is 0.0758. The van der Waals surface area contributed by atoms with Crippen molar-refractivity contribution in [3.8, 4) is 73.1 Å². The lowest BCUT2D eigenvalue weighted by molar-refractivity contribution is -0.137. The van der Waals surface area contributed by atoms with Crippen molar-refractivity contribution < 1.29 is 13.2 Å². The first kappa shape index (κ1) is 44.3. The van der Waals surface area contributed by atoms with Crippen molar-refractivity contribution in [3.63, 3.8) is 0 Å². The molecule has 72 heavy (non-hydrogen) atoms. The molecule has 6 heteroatoms. The topological polar surface area (TPSA) is 33.6 Å². The van der Waals surface area contributed by atoms with Gasteiger partial charge in [-0.1, -0.05) is 164 Å². The van der Waals surface area contributed by atoms with Crippen LogP contribution in [-0.2, 0) is 6.18 Å². The monoisotopic (exact) mass is 937 g/mol. The van der Waals surface area contributed by atoms with Crippen LogP contribution in [0, 0.1) is 39.0 Å². The van der Waals surface area contributed by atoms with Gasteiger partial charge in [-0.25, -0.2) is 0 Å². The summed E-state index contributed by atoms with van der Waals surface area (Å²) in [7, 11) is 0. The highest BCUT2D eigenvalue weighted by atomic mass is 19.4. The molecule has 0 saturated carbocycles. The Labute approximate surface area is 415 Å². The second-order valence-electron chi connectivity index (χ2n) is 18.9. The van der Waals surface area contributed by atoms with Gasteiger partial charge in [-0.2, -0.15) is 18.4 Å². The van der Waals surface area contributed by atoms with Gasteiger partial charge >= 0.3 is 6.18 Å². The number of aryl methyl sites for hydroxylation is 4. The van der Waals surface area contributed by atoms with Gasteiger partial charge in [-0.05, 0) is 142 Å². The average molecular weight is 938 g/mol. The molecule has 2 aromatic heterocycles. The minimum atomic E-state index is -4.69. The van der Waals surface area contributed by atoms with E-state index in [1.54, 1.807) is 6.07 Å². The van der Waals surface area contributed by atoms with Gasteiger partial charge in [0, 0.05) is 27.1 Å². The molecule has 0 N–H and O–H groups in total. The van der Waals surface area contributed by atoms with E-state index in [0.717, 1.165) is 116 Å². The molecular formula is C66H46F3N3. The number of aromatic nitrogens is 2. The van der Waals surface area contributed by atoms with Gasteiger partial charge in [0.05, 0.1) is 50.6 Å². The van der Waals surface area contributed by atoms with Crippen LogP contribution >= 0.6 is 0 Å². The fourth-order valence-electron chi connectivity index (χ4n) is 11.0. The first-order valence-corrected chi connectivity index (χ1v) is 24.1. The summed E-state index contributed by atoms with van der Waals surface area (Å²) in [6.45, 7) is 8.42. The highest BCUT2D eigenvalue weighted by Crippen LogP contribution is 2.46. The first-order valence-electron chi connectivity index (χ1n) is 24.1. The highest BCUT2D eigenvalue weighted by molar-refractivity contribution is 6.14. The van der Waals surface area contributed by atoms with Gasteiger partial charge in [0.1, 0.15) is 0 Å². The Hall–Kier alpha value is -8.92. The number of hydrogen-bond acceptors (Lipinski definition) is 1. The summed E-state index contributed by atoms with van der Waals surface area (Å²) in [5, 5.41) is 15.2. The Kier molecular flexibility index (Phi) is 10.6. The van der Waals surface area contributed by atoms with Crippen LogP contribution in [0.4, 0.5) is 13.2 Å². The average Bonchev–Trinajstić information content (AvgIpc) is 3.89. The summed E-state index contributed by atoms with van der Waals surface area (Å²) < 4.78 is 50.1. The molecular weight excluding hydrogens is 892 g/mol.